The number of carbonyl (C=O) groups excluding carboxylic acids is 1. The summed E-state index contributed by atoms with van der Waals surface area (Å²) in [4.78, 5) is 10.9. The molecule has 0 saturated heterocycles. The highest BCUT2D eigenvalue weighted by atomic mass is 16.5. The first kappa shape index (κ1) is 6.40. The van der Waals surface area contributed by atoms with Crippen LogP contribution in [0.2, 0.25) is 0 Å². The maximum absolute atomic E-state index is 10.9. The van der Waals surface area contributed by atoms with Gasteiger partial charge in [-0.1, -0.05) is 6.08 Å². The van der Waals surface area contributed by atoms with Crippen LogP contribution in [0.3, 0.4) is 0 Å². The highest BCUT2D eigenvalue weighted by molar-refractivity contribution is 5.92. The fraction of sp³-hybridized carbons (Fsp3) is 0.222. The van der Waals surface area contributed by atoms with Gasteiger partial charge in [-0.15, -0.1) is 0 Å². The van der Waals surface area contributed by atoms with Gasteiger partial charge in [0, 0.05) is 12.3 Å². The standard InChI is InChI=1S/C9H8O2/c10-9-2-1-8-6-11-4-3-7(8)5-9/h1-4,6-7H,5H2. The van der Waals surface area contributed by atoms with Gasteiger partial charge in [0.05, 0.1) is 12.5 Å². The van der Waals surface area contributed by atoms with Gasteiger partial charge >= 0.3 is 0 Å². The van der Waals surface area contributed by atoms with Gasteiger partial charge in [0.15, 0.2) is 5.78 Å². The van der Waals surface area contributed by atoms with Crippen LogP contribution in [0.4, 0.5) is 0 Å². The lowest BCUT2D eigenvalue weighted by Gasteiger charge is -2.18. The predicted octanol–water partition coefficient (Wildman–Crippen LogP) is 1.56. The van der Waals surface area contributed by atoms with Crippen LogP contribution < -0.4 is 0 Å². The summed E-state index contributed by atoms with van der Waals surface area (Å²) < 4.78 is 4.97. The molecule has 0 amide bonds. The molecule has 0 aromatic heterocycles. The van der Waals surface area contributed by atoms with Gasteiger partial charge in [-0.2, -0.15) is 0 Å². The molecule has 1 heterocycles. The number of carbonyl (C=O) groups is 1. The quantitative estimate of drug-likeness (QED) is 0.521. The minimum absolute atomic E-state index is 0.193. The molecule has 2 heteroatoms. The number of ketones is 1. The van der Waals surface area contributed by atoms with E-state index in [0.717, 1.165) is 5.57 Å². The van der Waals surface area contributed by atoms with Crippen molar-refractivity contribution in [2.75, 3.05) is 0 Å². The van der Waals surface area contributed by atoms with Crippen molar-refractivity contribution in [2.24, 2.45) is 5.92 Å². The molecule has 1 atom stereocenters. The number of rotatable bonds is 0. The van der Waals surface area contributed by atoms with Crippen molar-refractivity contribution >= 4 is 5.78 Å². The first-order chi connectivity index (χ1) is 5.36. The number of hydrogen-bond donors (Lipinski definition) is 0. The van der Waals surface area contributed by atoms with Crippen molar-refractivity contribution in [3.8, 4) is 0 Å². The Kier molecular flexibility index (Phi) is 1.39. The third-order valence-electron chi connectivity index (χ3n) is 1.90. The van der Waals surface area contributed by atoms with Crippen LogP contribution >= 0.6 is 0 Å². The lowest BCUT2D eigenvalue weighted by molar-refractivity contribution is -0.115. The minimum Gasteiger partial charge on any atom is -0.473 e. The van der Waals surface area contributed by atoms with Crippen LogP contribution in [0.1, 0.15) is 6.42 Å². The molecule has 0 spiro atoms. The smallest absolute Gasteiger partial charge is 0.156 e. The Morgan fingerprint density at radius 3 is 3.27 bits per heavy atom. The van der Waals surface area contributed by atoms with Gasteiger partial charge in [0.2, 0.25) is 0 Å². The number of hydrogen-bond acceptors (Lipinski definition) is 2. The van der Waals surface area contributed by atoms with E-state index in [1.165, 1.54) is 0 Å². The van der Waals surface area contributed by atoms with Gasteiger partial charge in [-0.3, -0.25) is 4.79 Å². The van der Waals surface area contributed by atoms with Gasteiger partial charge in [0.1, 0.15) is 0 Å². The summed E-state index contributed by atoms with van der Waals surface area (Å²) in [5.41, 5.74) is 1.09. The zero-order valence-electron chi connectivity index (χ0n) is 5.99. The summed E-state index contributed by atoms with van der Waals surface area (Å²) in [5, 5.41) is 0. The molecule has 1 aliphatic heterocycles. The van der Waals surface area contributed by atoms with Crippen molar-refractivity contribution < 1.29 is 9.53 Å². The summed E-state index contributed by atoms with van der Waals surface area (Å²) >= 11 is 0. The molecule has 0 fully saturated rings. The van der Waals surface area contributed by atoms with Crippen LogP contribution in [0, 0.1) is 5.92 Å². The third kappa shape index (κ3) is 1.11. The van der Waals surface area contributed by atoms with Crippen molar-refractivity contribution in [2.45, 2.75) is 6.42 Å². The lowest BCUT2D eigenvalue weighted by Crippen LogP contribution is -2.12. The molecule has 11 heavy (non-hydrogen) atoms. The van der Waals surface area contributed by atoms with E-state index in [-0.39, 0.29) is 11.7 Å². The Bertz CT molecular complexity index is 269. The Balaban J connectivity index is 2.31. The first-order valence-electron chi connectivity index (χ1n) is 3.59. The zero-order valence-corrected chi connectivity index (χ0v) is 5.99. The predicted molar refractivity (Wildman–Crippen MR) is 40.6 cm³/mol. The van der Waals surface area contributed by atoms with Gasteiger partial charge in [-0.05, 0) is 17.7 Å². The Morgan fingerprint density at radius 2 is 2.36 bits per heavy atom. The van der Waals surface area contributed by atoms with E-state index in [4.69, 9.17) is 4.74 Å². The van der Waals surface area contributed by atoms with E-state index in [0.29, 0.717) is 6.42 Å². The van der Waals surface area contributed by atoms with Crippen molar-refractivity contribution in [3.63, 3.8) is 0 Å². The van der Waals surface area contributed by atoms with Gasteiger partial charge in [0.25, 0.3) is 0 Å². The van der Waals surface area contributed by atoms with Crippen molar-refractivity contribution in [1.82, 2.24) is 0 Å². The molecule has 1 unspecified atom stereocenters. The summed E-state index contributed by atoms with van der Waals surface area (Å²) in [6.07, 6.45) is 9.23. The minimum atomic E-state index is 0.193. The molecule has 1 aliphatic carbocycles. The normalized spacial score (nSPS) is 27.5. The van der Waals surface area contributed by atoms with Gasteiger partial charge < -0.3 is 4.74 Å². The maximum Gasteiger partial charge on any atom is 0.156 e. The summed E-state index contributed by atoms with van der Waals surface area (Å²) in [6.45, 7) is 0. The summed E-state index contributed by atoms with van der Waals surface area (Å²) in [6, 6.07) is 0. The van der Waals surface area contributed by atoms with E-state index in [1.54, 1.807) is 18.6 Å². The topological polar surface area (TPSA) is 26.3 Å². The third-order valence-corrected chi connectivity index (χ3v) is 1.90. The van der Waals surface area contributed by atoms with Gasteiger partial charge in [-0.25, -0.2) is 0 Å². The molecule has 2 rings (SSSR count). The first-order valence-corrected chi connectivity index (χ1v) is 3.59. The lowest BCUT2D eigenvalue weighted by atomic mass is 9.89. The monoisotopic (exact) mass is 148 g/mol. The molecule has 0 aromatic rings. The fourth-order valence-electron chi connectivity index (χ4n) is 1.28. The largest absolute Gasteiger partial charge is 0.473 e. The number of allylic oxidation sites excluding steroid dienone is 4. The molecule has 2 nitrogen and oxygen atoms in total. The van der Waals surface area contributed by atoms with Crippen LogP contribution in [0.15, 0.2) is 36.3 Å². The average Bonchev–Trinajstić information content (AvgIpc) is 2.04. The molecule has 0 saturated carbocycles. The van der Waals surface area contributed by atoms with E-state index in [1.807, 2.05) is 12.2 Å². The molecule has 56 valence electrons. The molecule has 0 N–H and O–H groups in total. The van der Waals surface area contributed by atoms with E-state index >= 15 is 0 Å². The second kappa shape index (κ2) is 2.38. The maximum atomic E-state index is 10.9. The molecule has 2 aliphatic rings. The van der Waals surface area contributed by atoms with E-state index in [9.17, 15) is 4.79 Å². The van der Waals surface area contributed by atoms with E-state index < -0.39 is 0 Å². The fourth-order valence-corrected chi connectivity index (χ4v) is 1.28. The average molecular weight is 148 g/mol. The second-order valence-electron chi connectivity index (χ2n) is 2.69. The molecule has 0 aromatic carbocycles. The highest BCUT2D eigenvalue weighted by Gasteiger charge is 2.19. The van der Waals surface area contributed by atoms with Crippen LogP contribution in [-0.2, 0) is 9.53 Å². The SMILES string of the molecule is O=C1C=CC2=COC=CC2C1. The Hall–Kier alpha value is -1.31. The molecular weight excluding hydrogens is 140 g/mol. The summed E-state index contributed by atoms with van der Waals surface area (Å²) in [7, 11) is 0. The number of ether oxygens (including phenoxy) is 1. The van der Waals surface area contributed by atoms with Crippen LogP contribution in [-0.4, -0.2) is 5.78 Å². The Labute approximate surface area is 64.9 Å². The molecular formula is C9H8O2. The molecule has 0 radical (unpaired) electrons. The Morgan fingerprint density at radius 1 is 1.45 bits per heavy atom. The molecule has 0 bridgehead atoms. The number of fused-ring (bicyclic) bond motifs is 1. The summed E-state index contributed by atoms with van der Waals surface area (Å²) in [5.74, 6) is 0.444. The zero-order chi connectivity index (χ0) is 7.68. The van der Waals surface area contributed by atoms with Crippen LogP contribution in [0.5, 0.6) is 0 Å². The van der Waals surface area contributed by atoms with Crippen molar-refractivity contribution in [1.29, 1.82) is 0 Å². The highest BCUT2D eigenvalue weighted by Crippen LogP contribution is 2.25. The second-order valence-corrected chi connectivity index (χ2v) is 2.69. The van der Waals surface area contributed by atoms with E-state index in [2.05, 4.69) is 0 Å². The van der Waals surface area contributed by atoms with Crippen LogP contribution in [0.25, 0.3) is 0 Å². The van der Waals surface area contributed by atoms with Crippen molar-refractivity contribution in [3.05, 3.63) is 36.3 Å².